The Bertz CT molecular complexity index is 1260. The van der Waals surface area contributed by atoms with Gasteiger partial charge in [-0.15, -0.1) is 0 Å². The molecule has 0 aliphatic heterocycles. The highest BCUT2D eigenvalue weighted by atomic mass is 16.2. The highest BCUT2D eigenvalue weighted by Gasteiger charge is 2.18. The molecule has 31 heavy (non-hydrogen) atoms. The summed E-state index contributed by atoms with van der Waals surface area (Å²) in [6.45, 7) is 3.70. The topological polar surface area (TPSA) is 101 Å². The molecule has 0 saturated carbocycles. The molecule has 2 aromatic heterocycles. The average Bonchev–Trinajstić information content (AvgIpc) is 3.03. The van der Waals surface area contributed by atoms with Crippen LogP contribution in [0.1, 0.15) is 21.7 Å². The Morgan fingerprint density at radius 2 is 1.42 bits per heavy atom. The van der Waals surface area contributed by atoms with Gasteiger partial charge in [0.05, 0.1) is 16.6 Å². The largest absolute Gasteiger partial charge is 0.323 e. The van der Waals surface area contributed by atoms with Gasteiger partial charge in [0, 0.05) is 29.8 Å². The number of benzene rings is 2. The smallest absolute Gasteiger partial charge is 0.322 e. The second kappa shape index (κ2) is 8.27. The third kappa shape index (κ3) is 4.37. The third-order valence-corrected chi connectivity index (χ3v) is 4.77. The van der Waals surface area contributed by atoms with Gasteiger partial charge in [0.1, 0.15) is 0 Å². The quantitative estimate of drug-likeness (QED) is 0.458. The first-order valence-electron chi connectivity index (χ1n) is 9.76. The van der Waals surface area contributed by atoms with Crippen molar-refractivity contribution in [3.05, 3.63) is 77.6 Å². The second-order valence-electron chi connectivity index (χ2n) is 7.20. The van der Waals surface area contributed by atoms with Crippen molar-refractivity contribution in [1.29, 1.82) is 0 Å². The monoisotopic (exact) mass is 414 g/mol. The van der Waals surface area contributed by atoms with Gasteiger partial charge >= 0.3 is 6.03 Å². The average molecular weight is 414 g/mol. The first-order valence-corrected chi connectivity index (χ1v) is 9.76. The zero-order valence-corrected chi connectivity index (χ0v) is 17.4. The van der Waals surface area contributed by atoms with Crippen LogP contribution < -0.4 is 16.0 Å². The van der Waals surface area contributed by atoms with Gasteiger partial charge in [-0.2, -0.15) is 5.10 Å². The summed E-state index contributed by atoms with van der Waals surface area (Å²) in [7, 11) is 1.81. The van der Waals surface area contributed by atoms with E-state index in [1.807, 2.05) is 39.1 Å². The van der Waals surface area contributed by atoms with Gasteiger partial charge in [0.25, 0.3) is 5.91 Å². The van der Waals surface area contributed by atoms with E-state index >= 15 is 0 Å². The molecule has 2 aromatic carbocycles. The van der Waals surface area contributed by atoms with Crippen molar-refractivity contribution < 1.29 is 9.59 Å². The molecule has 0 fully saturated rings. The number of amides is 3. The van der Waals surface area contributed by atoms with Crippen LogP contribution >= 0.6 is 0 Å². The number of pyridine rings is 1. The van der Waals surface area contributed by atoms with E-state index in [1.54, 1.807) is 47.1 Å². The maximum atomic E-state index is 13.0. The molecule has 0 spiro atoms. The van der Waals surface area contributed by atoms with Crippen molar-refractivity contribution in [2.75, 3.05) is 16.0 Å². The lowest BCUT2D eigenvalue weighted by Crippen LogP contribution is -2.19. The van der Waals surface area contributed by atoms with Crippen LogP contribution in [0.25, 0.3) is 11.0 Å². The molecule has 0 aliphatic carbocycles. The number of hydrogen-bond acceptors (Lipinski definition) is 4. The SMILES string of the molecule is Cc1cc(C(=O)Nc2ccc(NC(=O)Nc3ccccc3)cc2)c2c(C)nn(C)c2n1. The van der Waals surface area contributed by atoms with Crippen molar-refractivity contribution >= 4 is 40.0 Å². The highest BCUT2D eigenvalue weighted by molar-refractivity contribution is 6.12. The van der Waals surface area contributed by atoms with E-state index in [-0.39, 0.29) is 11.9 Å². The summed E-state index contributed by atoms with van der Waals surface area (Å²) in [4.78, 5) is 29.6. The molecule has 0 aliphatic rings. The van der Waals surface area contributed by atoms with Gasteiger partial charge in [-0.1, -0.05) is 18.2 Å². The fraction of sp³-hybridized carbons (Fsp3) is 0.130. The summed E-state index contributed by atoms with van der Waals surface area (Å²) in [6.07, 6.45) is 0. The van der Waals surface area contributed by atoms with Gasteiger partial charge in [0.15, 0.2) is 5.65 Å². The number of rotatable bonds is 4. The van der Waals surface area contributed by atoms with Crippen LogP contribution in [0.5, 0.6) is 0 Å². The van der Waals surface area contributed by atoms with E-state index < -0.39 is 0 Å². The molecule has 3 amide bonds. The van der Waals surface area contributed by atoms with Crippen molar-refractivity contribution in [2.24, 2.45) is 7.05 Å². The van der Waals surface area contributed by atoms with Crippen molar-refractivity contribution in [2.45, 2.75) is 13.8 Å². The number of anilines is 3. The van der Waals surface area contributed by atoms with Crippen molar-refractivity contribution in [1.82, 2.24) is 14.8 Å². The number of aromatic nitrogens is 3. The van der Waals surface area contributed by atoms with Gasteiger partial charge < -0.3 is 16.0 Å². The first kappa shape index (κ1) is 20.1. The standard InChI is InChI=1S/C23H22N6O2/c1-14-13-19(20-15(2)28-29(3)21(20)24-14)22(30)25-17-9-11-18(12-10-17)27-23(31)26-16-7-5-4-6-8-16/h4-13H,1-3H3,(H,25,30)(H2,26,27,31). The number of carbonyl (C=O) groups excluding carboxylic acids is 2. The van der Waals surface area contributed by atoms with Crippen LogP contribution in [0, 0.1) is 13.8 Å². The molecule has 0 atom stereocenters. The molecule has 8 heteroatoms. The Hall–Kier alpha value is -4.20. The van der Waals surface area contributed by atoms with Crippen LogP contribution in [-0.2, 0) is 7.05 Å². The van der Waals surface area contributed by atoms with Gasteiger partial charge in [-0.3, -0.25) is 9.48 Å². The lowest BCUT2D eigenvalue weighted by molar-refractivity contribution is 0.102. The maximum Gasteiger partial charge on any atom is 0.323 e. The molecule has 0 saturated heterocycles. The van der Waals surface area contributed by atoms with Gasteiger partial charge in [-0.25, -0.2) is 9.78 Å². The lowest BCUT2D eigenvalue weighted by atomic mass is 10.1. The summed E-state index contributed by atoms with van der Waals surface area (Å²) in [5.41, 5.74) is 4.61. The van der Waals surface area contributed by atoms with Crippen LogP contribution in [0.15, 0.2) is 60.7 Å². The molecule has 4 rings (SSSR count). The number of aryl methyl sites for hydroxylation is 3. The van der Waals surface area contributed by atoms with Crippen LogP contribution in [-0.4, -0.2) is 26.7 Å². The number of urea groups is 1. The Morgan fingerprint density at radius 3 is 2.06 bits per heavy atom. The molecule has 0 unspecified atom stereocenters. The number of carbonyl (C=O) groups is 2. The fourth-order valence-electron chi connectivity index (χ4n) is 3.40. The molecule has 8 nitrogen and oxygen atoms in total. The summed E-state index contributed by atoms with van der Waals surface area (Å²) in [5.74, 6) is -0.242. The van der Waals surface area contributed by atoms with E-state index in [1.165, 1.54) is 0 Å². The Morgan fingerprint density at radius 1 is 0.839 bits per heavy atom. The number of nitrogens with one attached hydrogen (secondary N) is 3. The molecule has 3 N–H and O–H groups in total. The summed E-state index contributed by atoms with van der Waals surface area (Å²) >= 11 is 0. The normalized spacial score (nSPS) is 10.7. The van der Waals surface area contributed by atoms with Crippen LogP contribution in [0.4, 0.5) is 21.9 Å². The first-order chi connectivity index (χ1) is 14.9. The number of fused-ring (bicyclic) bond motifs is 1. The molecule has 0 radical (unpaired) electrons. The van der Waals surface area contributed by atoms with Crippen molar-refractivity contribution in [3.8, 4) is 0 Å². The second-order valence-corrected chi connectivity index (χ2v) is 7.20. The molecular formula is C23H22N6O2. The minimum Gasteiger partial charge on any atom is -0.322 e. The predicted molar refractivity (Wildman–Crippen MR) is 121 cm³/mol. The Balaban J connectivity index is 1.46. The number of para-hydroxylation sites is 1. The fourth-order valence-corrected chi connectivity index (χ4v) is 3.40. The zero-order valence-electron chi connectivity index (χ0n) is 17.4. The zero-order chi connectivity index (χ0) is 22.0. The number of hydrogen-bond donors (Lipinski definition) is 3. The maximum absolute atomic E-state index is 13.0. The summed E-state index contributed by atoms with van der Waals surface area (Å²) in [5, 5.41) is 13.5. The highest BCUT2D eigenvalue weighted by Crippen LogP contribution is 2.23. The molecule has 156 valence electrons. The molecule has 0 bridgehead atoms. The van der Waals surface area contributed by atoms with Crippen LogP contribution in [0.2, 0.25) is 0 Å². The summed E-state index contributed by atoms with van der Waals surface area (Å²) < 4.78 is 1.68. The lowest BCUT2D eigenvalue weighted by Gasteiger charge is -2.10. The van der Waals surface area contributed by atoms with Gasteiger partial charge in [0.2, 0.25) is 0 Å². The van der Waals surface area contributed by atoms with E-state index in [9.17, 15) is 9.59 Å². The third-order valence-electron chi connectivity index (χ3n) is 4.77. The predicted octanol–water partition coefficient (Wildman–Crippen LogP) is 4.48. The molecule has 4 aromatic rings. The minimum absolute atomic E-state index is 0.242. The van der Waals surface area contributed by atoms with Crippen LogP contribution in [0.3, 0.4) is 0 Å². The minimum atomic E-state index is -0.343. The van der Waals surface area contributed by atoms with Crippen molar-refractivity contribution in [3.63, 3.8) is 0 Å². The van der Waals surface area contributed by atoms with E-state index in [4.69, 9.17) is 0 Å². The molecular weight excluding hydrogens is 392 g/mol. The Labute approximate surface area is 179 Å². The number of nitrogens with zero attached hydrogens (tertiary/aromatic N) is 3. The molecule has 2 heterocycles. The van der Waals surface area contributed by atoms with E-state index in [0.29, 0.717) is 28.3 Å². The van der Waals surface area contributed by atoms with E-state index in [2.05, 4.69) is 26.0 Å². The van der Waals surface area contributed by atoms with Gasteiger partial charge in [-0.05, 0) is 56.3 Å². The Kier molecular flexibility index (Phi) is 5.36. The van der Waals surface area contributed by atoms with E-state index in [0.717, 1.165) is 16.8 Å². The summed E-state index contributed by atoms with van der Waals surface area (Å²) in [6, 6.07) is 17.5.